The first kappa shape index (κ1) is 20.0. The van der Waals surface area contributed by atoms with E-state index in [0.29, 0.717) is 16.8 Å². The Morgan fingerprint density at radius 1 is 0.710 bits per heavy atom. The van der Waals surface area contributed by atoms with Crippen molar-refractivity contribution in [3.8, 4) is 17.2 Å². The summed E-state index contributed by atoms with van der Waals surface area (Å²) in [6.07, 6.45) is 3.20. The molecular formula is C25H20N2O4. The summed E-state index contributed by atoms with van der Waals surface area (Å²) < 4.78 is 0. The minimum Gasteiger partial charge on any atom is -0.508 e. The Hall–Kier alpha value is -4.32. The minimum atomic E-state index is -0.351. The standard InChI is InChI=1S/C25H20N2O4/c28-19-7-1-16(2-8-19)24(17-3-9-20(29)10-4-17)23-15-26-14-13-22(23)25(31)27-18-5-11-21(30)12-6-18/h1-15,24,28-30H,(H,27,31). The molecule has 0 fully saturated rings. The number of rotatable bonds is 5. The topological polar surface area (TPSA) is 103 Å². The van der Waals surface area contributed by atoms with Crippen LogP contribution >= 0.6 is 0 Å². The lowest BCUT2D eigenvalue weighted by Crippen LogP contribution is -2.17. The van der Waals surface area contributed by atoms with Crippen LogP contribution in [0.1, 0.15) is 33.0 Å². The van der Waals surface area contributed by atoms with Gasteiger partial charge in [0.15, 0.2) is 0 Å². The predicted octanol–water partition coefficient (Wildman–Crippen LogP) is 4.63. The number of hydrogen-bond donors (Lipinski definition) is 4. The molecule has 0 unspecified atom stereocenters. The Morgan fingerprint density at radius 3 is 1.71 bits per heavy atom. The summed E-state index contributed by atoms with van der Waals surface area (Å²) in [5.41, 5.74) is 3.38. The number of benzene rings is 3. The van der Waals surface area contributed by atoms with E-state index in [9.17, 15) is 20.1 Å². The van der Waals surface area contributed by atoms with Crippen molar-refractivity contribution in [2.75, 3.05) is 5.32 Å². The maximum atomic E-state index is 13.1. The number of phenolic OH excluding ortho intramolecular Hbond substituents is 3. The van der Waals surface area contributed by atoms with Crippen LogP contribution in [-0.4, -0.2) is 26.2 Å². The molecule has 6 heteroatoms. The van der Waals surface area contributed by atoms with Gasteiger partial charge in [0.25, 0.3) is 5.91 Å². The number of hydrogen-bond acceptors (Lipinski definition) is 5. The van der Waals surface area contributed by atoms with E-state index in [4.69, 9.17) is 0 Å². The van der Waals surface area contributed by atoms with Gasteiger partial charge in [-0.15, -0.1) is 0 Å². The zero-order valence-corrected chi connectivity index (χ0v) is 16.4. The molecule has 0 atom stereocenters. The molecule has 4 rings (SSSR count). The van der Waals surface area contributed by atoms with Crippen LogP contribution in [0.25, 0.3) is 0 Å². The highest BCUT2D eigenvalue weighted by Crippen LogP contribution is 2.35. The molecule has 0 saturated carbocycles. The van der Waals surface area contributed by atoms with Crippen molar-refractivity contribution in [2.24, 2.45) is 0 Å². The number of nitrogens with one attached hydrogen (secondary N) is 1. The largest absolute Gasteiger partial charge is 0.508 e. The molecule has 0 radical (unpaired) electrons. The van der Waals surface area contributed by atoms with Crippen LogP contribution in [-0.2, 0) is 0 Å². The van der Waals surface area contributed by atoms with E-state index in [1.54, 1.807) is 79.1 Å². The maximum Gasteiger partial charge on any atom is 0.256 e. The molecule has 154 valence electrons. The second kappa shape index (κ2) is 8.59. The van der Waals surface area contributed by atoms with E-state index in [2.05, 4.69) is 10.3 Å². The second-order valence-electron chi connectivity index (χ2n) is 7.08. The van der Waals surface area contributed by atoms with Gasteiger partial charge in [-0.25, -0.2) is 0 Å². The van der Waals surface area contributed by atoms with Gasteiger partial charge >= 0.3 is 0 Å². The number of carbonyl (C=O) groups excluding carboxylic acids is 1. The molecule has 0 spiro atoms. The summed E-state index contributed by atoms with van der Waals surface area (Å²) in [5.74, 6) is -0.266. The monoisotopic (exact) mass is 412 g/mol. The van der Waals surface area contributed by atoms with Gasteiger partial charge < -0.3 is 20.6 Å². The first-order valence-electron chi connectivity index (χ1n) is 9.63. The molecule has 0 bridgehead atoms. The highest BCUT2D eigenvalue weighted by molar-refractivity contribution is 6.05. The molecule has 1 amide bonds. The summed E-state index contributed by atoms with van der Waals surface area (Å²) in [6, 6.07) is 21.4. The quantitative estimate of drug-likeness (QED) is 0.358. The number of nitrogens with zero attached hydrogens (tertiary/aromatic N) is 1. The van der Waals surface area contributed by atoms with E-state index < -0.39 is 0 Å². The van der Waals surface area contributed by atoms with E-state index in [-0.39, 0.29) is 29.1 Å². The Morgan fingerprint density at radius 2 is 1.19 bits per heavy atom. The average molecular weight is 412 g/mol. The van der Waals surface area contributed by atoms with Crippen LogP contribution < -0.4 is 5.32 Å². The van der Waals surface area contributed by atoms with Crippen molar-refractivity contribution in [1.82, 2.24) is 4.98 Å². The molecule has 6 nitrogen and oxygen atoms in total. The van der Waals surface area contributed by atoms with Gasteiger partial charge in [-0.3, -0.25) is 9.78 Å². The van der Waals surface area contributed by atoms with Crippen LogP contribution in [0.3, 0.4) is 0 Å². The first-order valence-corrected chi connectivity index (χ1v) is 9.63. The van der Waals surface area contributed by atoms with Crippen LogP contribution in [0.2, 0.25) is 0 Å². The van der Waals surface area contributed by atoms with Gasteiger partial charge in [-0.2, -0.15) is 0 Å². The van der Waals surface area contributed by atoms with Crippen molar-refractivity contribution in [3.05, 3.63) is 114 Å². The first-order chi connectivity index (χ1) is 15.0. The lowest BCUT2D eigenvalue weighted by atomic mass is 9.83. The fraction of sp³-hybridized carbons (Fsp3) is 0.0400. The van der Waals surface area contributed by atoms with E-state index in [1.165, 1.54) is 12.1 Å². The van der Waals surface area contributed by atoms with Crippen molar-refractivity contribution < 1.29 is 20.1 Å². The number of aromatic hydroxyl groups is 3. The summed E-state index contributed by atoms with van der Waals surface area (Å²) in [4.78, 5) is 17.4. The molecule has 3 aromatic carbocycles. The third-order valence-corrected chi connectivity index (χ3v) is 4.99. The molecule has 0 saturated heterocycles. The van der Waals surface area contributed by atoms with E-state index in [1.807, 2.05) is 0 Å². The average Bonchev–Trinajstić information content (AvgIpc) is 2.78. The molecule has 0 aliphatic heterocycles. The summed E-state index contributed by atoms with van der Waals surface area (Å²) >= 11 is 0. The highest BCUT2D eigenvalue weighted by Gasteiger charge is 2.23. The number of pyridine rings is 1. The number of amides is 1. The number of anilines is 1. The Balaban J connectivity index is 1.78. The molecule has 1 aromatic heterocycles. The minimum absolute atomic E-state index is 0.113. The van der Waals surface area contributed by atoms with Crippen LogP contribution in [0.5, 0.6) is 17.2 Å². The normalized spacial score (nSPS) is 10.7. The van der Waals surface area contributed by atoms with Gasteiger partial charge in [-0.1, -0.05) is 24.3 Å². The fourth-order valence-corrected chi connectivity index (χ4v) is 3.47. The molecule has 31 heavy (non-hydrogen) atoms. The third-order valence-electron chi connectivity index (χ3n) is 4.99. The fourth-order valence-electron chi connectivity index (χ4n) is 3.47. The van der Waals surface area contributed by atoms with Gasteiger partial charge in [-0.05, 0) is 71.3 Å². The summed E-state index contributed by atoms with van der Waals surface area (Å²) in [6.45, 7) is 0. The molecular weight excluding hydrogens is 392 g/mol. The highest BCUT2D eigenvalue weighted by atomic mass is 16.3. The zero-order valence-electron chi connectivity index (χ0n) is 16.4. The number of phenols is 3. The smallest absolute Gasteiger partial charge is 0.256 e. The molecule has 4 N–H and O–H groups in total. The van der Waals surface area contributed by atoms with Gasteiger partial charge in [0, 0.05) is 29.6 Å². The zero-order chi connectivity index (χ0) is 21.8. The lowest BCUT2D eigenvalue weighted by molar-refractivity contribution is 0.102. The van der Waals surface area contributed by atoms with Gasteiger partial charge in [0.1, 0.15) is 17.2 Å². The van der Waals surface area contributed by atoms with Crippen molar-refractivity contribution in [1.29, 1.82) is 0 Å². The third kappa shape index (κ3) is 4.48. The summed E-state index contributed by atoms with van der Waals surface area (Å²) in [7, 11) is 0. The van der Waals surface area contributed by atoms with Gasteiger partial charge in [0.05, 0.1) is 0 Å². The Bertz CT molecular complexity index is 1140. The second-order valence-corrected chi connectivity index (χ2v) is 7.08. The SMILES string of the molecule is O=C(Nc1ccc(O)cc1)c1ccncc1C(c1ccc(O)cc1)c1ccc(O)cc1. The molecule has 0 aliphatic carbocycles. The van der Waals surface area contributed by atoms with E-state index in [0.717, 1.165) is 11.1 Å². The van der Waals surface area contributed by atoms with Crippen LogP contribution in [0.4, 0.5) is 5.69 Å². The number of carbonyl (C=O) groups is 1. The van der Waals surface area contributed by atoms with Crippen LogP contribution in [0.15, 0.2) is 91.3 Å². The molecule has 1 heterocycles. The Kier molecular flexibility index (Phi) is 5.53. The Labute approximate surface area is 179 Å². The van der Waals surface area contributed by atoms with Crippen LogP contribution in [0, 0.1) is 0 Å². The van der Waals surface area contributed by atoms with E-state index >= 15 is 0 Å². The molecule has 4 aromatic rings. The van der Waals surface area contributed by atoms with Crippen molar-refractivity contribution >= 4 is 11.6 Å². The predicted molar refractivity (Wildman–Crippen MR) is 117 cm³/mol. The van der Waals surface area contributed by atoms with Crippen molar-refractivity contribution in [2.45, 2.75) is 5.92 Å². The van der Waals surface area contributed by atoms with Gasteiger partial charge in [0.2, 0.25) is 0 Å². The summed E-state index contributed by atoms with van der Waals surface area (Å²) in [5, 5.41) is 31.7. The molecule has 0 aliphatic rings. The van der Waals surface area contributed by atoms with Crippen molar-refractivity contribution in [3.63, 3.8) is 0 Å². The number of aromatic nitrogens is 1. The lowest BCUT2D eigenvalue weighted by Gasteiger charge is -2.21. The maximum absolute atomic E-state index is 13.1.